The highest BCUT2D eigenvalue weighted by Crippen LogP contribution is 2.64. The van der Waals surface area contributed by atoms with Gasteiger partial charge in [0, 0.05) is 16.5 Å². The van der Waals surface area contributed by atoms with Crippen molar-refractivity contribution in [3.8, 4) is 5.75 Å². The summed E-state index contributed by atoms with van der Waals surface area (Å²) in [6, 6.07) is 19.5. The van der Waals surface area contributed by atoms with Crippen LogP contribution in [0.15, 0.2) is 91.0 Å². The summed E-state index contributed by atoms with van der Waals surface area (Å²) in [4.78, 5) is 59.4. The number of carbonyl (C=O) groups is 4. The highest BCUT2D eigenvalue weighted by atomic mass is 35.5. The Hall–Kier alpha value is -4.49. The van der Waals surface area contributed by atoms with Gasteiger partial charge >= 0.3 is 0 Å². The molecule has 7 rings (SSSR count). The summed E-state index contributed by atoms with van der Waals surface area (Å²) in [5.74, 6) is -4.50. The second kappa shape index (κ2) is 10.6. The maximum absolute atomic E-state index is 14.5. The maximum atomic E-state index is 14.5. The summed E-state index contributed by atoms with van der Waals surface area (Å²) < 4.78 is 0. The quantitative estimate of drug-likeness (QED) is 0.259. The molecule has 6 atom stereocenters. The van der Waals surface area contributed by atoms with E-state index in [2.05, 4.69) is 6.58 Å². The lowest BCUT2D eigenvalue weighted by atomic mass is 9.51. The lowest BCUT2D eigenvalue weighted by molar-refractivity contribution is -0.131. The molecule has 0 unspecified atom stereocenters. The van der Waals surface area contributed by atoms with Crippen molar-refractivity contribution < 1.29 is 24.3 Å². The van der Waals surface area contributed by atoms with Crippen molar-refractivity contribution in [2.45, 2.75) is 39.0 Å². The third kappa shape index (κ3) is 4.10. The van der Waals surface area contributed by atoms with Gasteiger partial charge in [0.1, 0.15) is 5.75 Å². The first-order valence-electron chi connectivity index (χ1n) is 15.3. The van der Waals surface area contributed by atoms with Crippen molar-refractivity contribution >= 4 is 46.6 Å². The minimum absolute atomic E-state index is 0.0502. The number of phenolic OH excluding ortho intramolecular Hbond substituents is 1. The van der Waals surface area contributed by atoms with E-state index in [1.807, 2.05) is 38.1 Å². The molecule has 2 saturated heterocycles. The fraction of sp³-hybridized carbons (Fsp3) is 0.297. The number of hydrogen-bond donors (Lipinski definition) is 1. The molecular weight excluding hydrogens is 588 g/mol. The van der Waals surface area contributed by atoms with E-state index in [0.29, 0.717) is 40.4 Å². The first-order valence-corrected chi connectivity index (χ1v) is 15.7. The van der Waals surface area contributed by atoms with E-state index in [1.54, 1.807) is 54.6 Å². The predicted octanol–water partition coefficient (Wildman–Crippen LogP) is 6.52. The average molecular weight is 621 g/mol. The molecule has 3 aromatic rings. The molecule has 2 aliphatic heterocycles. The molecule has 0 bridgehead atoms. The third-order valence-corrected chi connectivity index (χ3v) is 10.9. The predicted molar refractivity (Wildman–Crippen MR) is 172 cm³/mol. The number of rotatable bonds is 5. The van der Waals surface area contributed by atoms with Crippen molar-refractivity contribution in [1.29, 1.82) is 0 Å². The van der Waals surface area contributed by atoms with Crippen LogP contribution in [0.25, 0.3) is 0 Å². The number of benzene rings is 3. The molecule has 3 fully saturated rings. The van der Waals surface area contributed by atoms with Crippen molar-refractivity contribution in [3.05, 3.63) is 113 Å². The van der Waals surface area contributed by atoms with Gasteiger partial charge in [-0.25, -0.2) is 9.80 Å². The summed E-state index contributed by atoms with van der Waals surface area (Å²) in [5, 5.41) is 12.1. The Morgan fingerprint density at radius 1 is 0.933 bits per heavy atom. The fourth-order valence-corrected chi connectivity index (χ4v) is 8.50. The number of amides is 4. The Balaban J connectivity index is 1.38. The number of aryl methyl sites for hydroxylation is 1. The second-order valence-electron chi connectivity index (χ2n) is 12.8. The summed E-state index contributed by atoms with van der Waals surface area (Å²) in [6.07, 6.45) is 4.66. The molecule has 7 nitrogen and oxygen atoms in total. The average Bonchev–Trinajstić information content (AvgIpc) is 3.40. The highest BCUT2D eigenvalue weighted by Gasteiger charge is 2.68. The largest absolute Gasteiger partial charge is 0.507 e. The molecular formula is C37H33ClN2O5. The number of aromatic hydroxyl groups is 1. The summed E-state index contributed by atoms with van der Waals surface area (Å²) in [6.45, 7) is 7.49. The van der Waals surface area contributed by atoms with Crippen molar-refractivity contribution in [2.24, 2.45) is 29.1 Å². The molecule has 2 aliphatic carbocycles. The number of anilines is 2. The van der Waals surface area contributed by atoms with Crippen LogP contribution in [0.3, 0.4) is 0 Å². The van der Waals surface area contributed by atoms with Crippen LogP contribution in [-0.2, 0) is 25.6 Å². The number of carbonyl (C=O) groups excluding carboxylic acids is 4. The minimum atomic E-state index is -1.23. The monoisotopic (exact) mass is 620 g/mol. The van der Waals surface area contributed by atoms with Gasteiger partial charge in [-0.15, -0.1) is 6.58 Å². The lowest BCUT2D eigenvalue weighted by Gasteiger charge is -2.49. The van der Waals surface area contributed by atoms with Gasteiger partial charge in [-0.3, -0.25) is 19.2 Å². The molecule has 3 aromatic carbocycles. The van der Waals surface area contributed by atoms with Crippen LogP contribution in [0.1, 0.15) is 42.4 Å². The first kappa shape index (κ1) is 29.2. The van der Waals surface area contributed by atoms with Crippen LogP contribution in [0.4, 0.5) is 11.4 Å². The Labute approximate surface area is 266 Å². The van der Waals surface area contributed by atoms with Crippen molar-refractivity contribution in [1.82, 2.24) is 0 Å². The number of fused-ring (bicyclic) bond motifs is 4. The molecule has 0 spiro atoms. The molecule has 8 heteroatoms. The van der Waals surface area contributed by atoms with Crippen LogP contribution in [0.2, 0.25) is 5.02 Å². The van der Waals surface area contributed by atoms with Crippen molar-refractivity contribution in [2.75, 3.05) is 9.80 Å². The Morgan fingerprint density at radius 3 is 2.40 bits per heavy atom. The van der Waals surface area contributed by atoms with E-state index in [0.717, 1.165) is 11.1 Å². The number of para-hydroxylation sites is 2. The summed E-state index contributed by atoms with van der Waals surface area (Å²) >= 11 is 6.39. The van der Waals surface area contributed by atoms with E-state index < -0.39 is 35.0 Å². The number of allylic oxidation sites excluding steroid dienone is 3. The zero-order chi connectivity index (χ0) is 31.8. The number of nitrogens with zero attached hydrogens (tertiary/aromatic N) is 2. The number of imide groups is 2. The van der Waals surface area contributed by atoms with E-state index >= 15 is 0 Å². The first-order chi connectivity index (χ1) is 21.6. The lowest BCUT2D eigenvalue weighted by Crippen LogP contribution is -2.49. The van der Waals surface area contributed by atoms with Crippen LogP contribution < -0.4 is 9.80 Å². The molecule has 1 saturated carbocycles. The second-order valence-corrected chi connectivity index (χ2v) is 13.2. The fourth-order valence-electron chi connectivity index (χ4n) is 8.32. The Bertz CT molecular complexity index is 1830. The van der Waals surface area contributed by atoms with Crippen LogP contribution >= 0.6 is 11.6 Å². The maximum Gasteiger partial charge on any atom is 0.241 e. The van der Waals surface area contributed by atoms with E-state index in [9.17, 15) is 24.3 Å². The Kier molecular flexibility index (Phi) is 6.86. The zero-order valence-corrected chi connectivity index (χ0v) is 25.8. The van der Waals surface area contributed by atoms with Crippen LogP contribution in [0.5, 0.6) is 5.75 Å². The van der Waals surface area contributed by atoms with Gasteiger partial charge in [0.2, 0.25) is 23.6 Å². The smallest absolute Gasteiger partial charge is 0.241 e. The third-order valence-electron chi connectivity index (χ3n) is 10.5. The normalized spacial score (nSPS) is 29.0. The number of phenols is 1. The summed E-state index contributed by atoms with van der Waals surface area (Å²) in [5.41, 5.74) is 2.52. The standard InChI is InChI=1S/C37H33ClN2O5/c1-4-9-21-10-8-13-26(32(21)41)31-24-16-17-25-30(35(44)39(33(25)42)23-15-14-20(2)29(38)18-23)27(24)19-28-34(43)40(36(45)37(28,31)3)22-11-6-5-7-12-22/h4-8,10-16,18,25,27-28,30-31,41H,1,9,17,19H2,2-3H3/t25-,27+,28-,30-,31+,37+/m0/s1. The van der Waals surface area contributed by atoms with Gasteiger partial charge in [-0.05, 0) is 74.4 Å². The van der Waals surface area contributed by atoms with Crippen molar-refractivity contribution in [3.63, 3.8) is 0 Å². The molecule has 1 N–H and O–H groups in total. The molecule has 0 radical (unpaired) electrons. The van der Waals surface area contributed by atoms with Gasteiger partial charge in [-0.2, -0.15) is 0 Å². The summed E-state index contributed by atoms with van der Waals surface area (Å²) in [7, 11) is 0. The van der Waals surface area contributed by atoms with Gasteiger partial charge in [-0.1, -0.05) is 71.8 Å². The van der Waals surface area contributed by atoms with Crippen LogP contribution in [0, 0.1) is 36.0 Å². The molecule has 4 amide bonds. The molecule has 4 aliphatic rings. The topological polar surface area (TPSA) is 95.0 Å². The number of hydrogen-bond acceptors (Lipinski definition) is 5. The van der Waals surface area contributed by atoms with Gasteiger partial charge < -0.3 is 5.11 Å². The highest BCUT2D eigenvalue weighted by molar-refractivity contribution is 6.32. The van der Waals surface area contributed by atoms with E-state index in [1.165, 1.54) is 9.80 Å². The molecule has 0 aromatic heterocycles. The van der Waals surface area contributed by atoms with Gasteiger partial charge in [0.25, 0.3) is 0 Å². The zero-order valence-electron chi connectivity index (χ0n) is 25.1. The minimum Gasteiger partial charge on any atom is -0.507 e. The van der Waals surface area contributed by atoms with Gasteiger partial charge in [0.05, 0.1) is 34.5 Å². The van der Waals surface area contributed by atoms with E-state index in [4.69, 9.17) is 11.6 Å². The Morgan fingerprint density at radius 2 is 1.69 bits per heavy atom. The van der Waals surface area contributed by atoms with E-state index in [-0.39, 0.29) is 35.8 Å². The van der Waals surface area contributed by atoms with Gasteiger partial charge in [0.15, 0.2) is 0 Å². The van der Waals surface area contributed by atoms with Crippen LogP contribution in [-0.4, -0.2) is 28.7 Å². The molecule has 2 heterocycles. The molecule has 228 valence electrons. The SMILES string of the molecule is C=CCc1cccc([C@H]2C3=CC[C@@H]4C(=O)N(c5ccc(C)c(Cl)c5)C(=O)[C@@H]4[C@@H]3C[C@H]3C(=O)N(c4ccccc4)C(=O)[C@@]23C)c1O. The molecule has 45 heavy (non-hydrogen) atoms. The number of halogens is 1.